The summed E-state index contributed by atoms with van der Waals surface area (Å²) in [6.45, 7) is 2.25. The van der Waals surface area contributed by atoms with Gasteiger partial charge in [0.15, 0.2) is 10.8 Å². The number of phenolic OH excluding ortho intramolecular Hbond substituents is 1. The summed E-state index contributed by atoms with van der Waals surface area (Å²) in [5, 5.41) is 20.1. The first-order valence-electron chi connectivity index (χ1n) is 9.66. The first-order chi connectivity index (χ1) is 15.5. The Balaban J connectivity index is 1.41. The van der Waals surface area contributed by atoms with E-state index >= 15 is 0 Å². The summed E-state index contributed by atoms with van der Waals surface area (Å²) in [7, 11) is 0. The third kappa shape index (κ3) is 3.61. The van der Waals surface area contributed by atoms with Gasteiger partial charge in [-0.25, -0.2) is 9.78 Å². The molecule has 0 aliphatic carbocycles. The van der Waals surface area contributed by atoms with Crippen LogP contribution in [0.1, 0.15) is 11.1 Å². The van der Waals surface area contributed by atoms with Crippen LogP contribution in [0.5, 0.6) is 5.75 Å². The second-order valence-electron chi connectivity index (χ2n) is 7.14. The summed E-state index contributed by atoms with van der Waals surface area (Å²) in [5.41, 5.74) is 2.98. The number of pyridine rings is 1. The maximum absolute atomic E-state index is 12.4. The van der Waals surface area contributed by atoms with Crippen molar-refractivity contribution < 1.29 is 14.3 Å². The van der Waals surface area contributed by atoms with Gasteiger partial charge in [0.1, 0.15) is 11.3 Å². The highest BCUT2D eigenvalue weighted by atomic mass is 35.5. The van der Waals surface area contributed by atoms with Crippen LogP contribution in [0.3, 0.4) is 0 Å². The fourth-order valence-corrected chi connectivity index (χ4v) is 4.21. The lowest BCUT2D eigenvalue weighted by Gasteiger charge is -2.07. The zero-order valence-corrected chi connectivity index (χ0v) is 18.4. The molecule has 160 valence electrons. The van der Waals surface area contributed by atoms with Crippen molar-refractivity contribution in [1.82, 2.24) is 15.2 Å². The number of anilines is 1. The highest BCUT2D eigenvalue weighted by Crippen LogP contribution is 2.28. The van der Waals surface area contributed by atoms with Gasteiger partial charge in [0.25, 0.3) is 0 Å². The maximum atomic E-state index is 12.4. The molecule has 0 saturated carbocycles. The number of aromatic hydroxyl groups is 1. The Kier molecular flexibility index (Phi) is 5.12. The van der Waals surface area contributed by atoms with Gasteiger partial charge in [-0.05, 0) is 28.5 Å². The number of aryl methyl sites for hydroxylation is 1. The lowest BCUT2D eigenvalue weighted by molar-refractivity contribution is -0.660. The van der Waals surface area contributed by atoms with Crippen LogP contribution in [0, 0.1) is 6.92 Å². The third-order valence-electron chi connectivity index (χ3n) is 5.07. The van der Waals surface area contributed by atoms with E-state index in [0.717, 1.165) is 10.9 Å². The first-order valence-corrected chi connectivity index (χ1v) is 10.9. The van der Waals surface area contributed by atoms with Crippen molar-refractivity contribution in [2.24, 2.45) is 0 Å². The Labute approximate surface area is 190 Å². The van der Waals surface area contributed by atoms with Crippen LogP contribution in [-0.2, 0) is 6.54 Å². The van der Waals surface area contributed by atoms with Crippen LogP contribution in [0.15, 0.2) is 63.4 Å². The van der Waals surface area contributed by atoms with Crippen molar-refractivity contribution in [2.75, 3.05) is 5.32 Å². The molecule has 5 rings (SSSR count). The summed E-state index contributed by atoms with van der Waals surface area (Å²) in [6.07, 6.45) is 1.64. The lowest BCUT2D eigenvalue weighted by atomic mass is 10.1. The van der Waals surface area contributed by atoms with Crippen LogP contribution in [0.25, 0.3) is 28.0 Å². The minimum absolute atomic E-state index is 0.132. The molecule has 2 aromatic carbocycles. The van der Waals surface area contributed by atoms with Gasteiger partial charge >= 0.3 is 11.3 Å². The Morgan fingerprint density at radius 1 is 1.28 bits per heavy atom. The molecule has 0 atom stereocenters. The molecule has 32 heavy (non-hydrogen) atoms. The molecular weight excluding hydrogens is 450 g/mol. The van der Waals surface area contributed by atoms with Gasteiger partial charge in [-0.15, -0.1) is 11.3 Å². The van der Waals surface area contributed by atoms with E-state index in [4.69, 9.17) is 16.1 Å². The molecule has 0 bridgehead atoms. The van der Waals surface area contributed by atoms with E-state index in [0.29, 0.717) is 39.2 Å². The molecule has 0 aliphatic heterocycles. The zero-order chi connectivity index (χ0) is 22.2. The third-order valence-corrected chi connectivity index (χ3v) is 6.28. The molecule has 10 heteroatoms. The summed E-state index contributed by atoms with van der Waals surface area (Å²) in [4.78, 5) is 21.1. The summed E-state index contributed by atoms with van der Waals surface area (Å²) >= 11 is 7.58. The number of rotatable bonds is 5. The van der Waals surface area contributed by atoms with Gasteiger partial charge in [-0.2, -0.15) is 0 Å². The number of nitrogens with one attached hydrogen (secondary N) is 2. The molecule has 0 fully saturated rings. The highest BCUT2D eigenvalue weighted by molar-refractivity contribution is 7.14. The minimum Gasteiger partial charge on any atom is -0.505 e. The standard InChI is InChI=1S/C22H16ClN5O3S/c1-12-4-7-15(9-16(12)23)28-19(21(30)31-27-28)17-11-32-22(26-17)25-10-14-6-5-13-3-2-8-24-18(13)20(14)29/h2-9,11H,10H2,1H3,(H2-,25,26,27,29,30)/p+1. The second-order valence-corrected chi connectivity index (χ2v) is 8.40. The van der Waals surface area contributed by atoms with Gasteiger partial charge in [0.05, 0.1) is 5.02 Å². The number of halogens is 1. The number of fused-ring (bicyclic) bond motifs is 1. The van der Waals surface area contributed by atoms with Gasteiger partial charge in [0.2, 0.25) is 5.69 Å². The number of H-pyrrole nitrogens is 1. The van der Waals surface area contributed by atoms with E-state index in [2.05, 4.69) is 20.6 Å². The average molecular weight is 467 g/mol. The number of hydrogen-bond donors (Lipinski definition) is 3. The molecule has 0 spiro atoms. The van der Waals surface area contributed by atoms with Crippen LogP contribution >= 0.6 is 22.9 Å². The Morgan fingerprint density at radius 3 is 3.00 bits per heavy atom. The maximum Gasteiger partial charge on any atom is 0.437 e. The zero-order valence-electron chi connectivity index (χ0n) is 16.8. The first kappa shape index (κ1) is 20.2. The van der Waals surface area contributed by atoms with Crippen molar-refractivity contribution in [3.8, 4) is 22.8 Å². The van der Waals surface area contributed by atoms with E-state index in [9.17, 15) is 9.90 Å². The molecule has 3 N–H and O–H groups in total. The SMILES string of the molecule is Cc1ccc(-[n+]2[nH]oc(=O)c2-c2csc(NCc3ccc4cccnc4c3O)n2)cc1Cl. The largest absolute Gasteiger partial charge is 0.505 e. The number of hydrogen-bond acceptors (Lipinski definition) is 7. The minimum atomic E-state index is -0.545. The Bertz CT molecular complexity index is 1510. The van der Waals surface area contributed by atoms with Gasteiger partial charge in [-0.3, -0.25) is 9.51 Å². The molecule has 0 unspecified atom stereocenters. The highest BCUT2D eigenvalue weighted by Gasteiger charge is 2.28. The van der Waals surface area contributed by atoms with E-state index < -0.39 is 5.63 Å². The Morgan fingerprint density at radius 2 is 2.16 bits per heavy atom. The molecule has 3 aromatic heterocycles. The monoisotopic (exact) mass is 466 g/mol. The van der Waals surface area contributed by atoms with E-state index in [-0.39, 0.29) is 11.4 Å². The molecule has 0 amide bonds. The van der Waals surface area contributed by atoms with Gasteiger partial charge < -0.3 is 10.4 Å². The smallest absolute Gasteiger partial charge is 0.437 e. The number of thiazole rings is 1. The molecular formula is C22H17ClN5O3S+. The summed E-state index contributed by atoms with van der Waals surface area (Å²) < 4.78 is 6.52. The van der Waals surface area contributed by atoms with Crippen LogP contribution in [0.4, 0.5) is 5.13 Å². The van der Waals surface area contributed by atoms with E-state index in [1.54, 1.807) is 17.6 Å². The Hall–Kier alpha value is -3.69. The fourth-order valence-electron chi connectivity index (χ4n) is 3.34. The van der Waals surface area contributed by atoms with Gasteiger partial charge in [-0.1, -0.05) is 35.9 Å². The number of aromatic nitrogens is 4. The topological polar surface area (TPSA) is 108 Å². The molecule has 0 radical (unpaired) electrons. The van der Waals surface area contributed by atoms with Crippen LogP contribution < -0.4 is 15.6 Å². The summed E-state index contributed by atoms with van der Waals surface area (Å²) in [5.74, 6) is 0.132. The quantitative estimate of drug-likeness (QED) is 0.335. The van der Waals surface area contributed by atoms with Gasteiger partial charge in [0, 0.05) is 41.2 Å². The van der Waals surface area contributed by atoms with Crippen molar-refractivity contribution in [3.05, 3.63) is 80.6 Å². The lowest BCUT2D eigenvalue weighted by Crippen LogP contribution is -2.36. The predicted molar refractivity (Wildman–Crippen MR) is 122 cm³/mol. The van der Waals surface area contributed by atoms with E-state index in [1.165, 1.54) is 16.0 Å². The van der Waals surface area contributed by atoms with Crippen molar-refractivity contribution in [2.45, 2.75) is 13.5 Å². The molecule has 8 nitrogen and oxygen atoms in total. The molecule has 0 aliphatic rings. The molecule has 0 saturated heterocycles. The second kappa shape index (κ2) is 8.10. The van der Waals surface area contributed by atoms with Crippen molar-refractivity contribution in [3.63, 3.8) is 0 Å². The predicted octanol–water partition coefficient (Wildman–Crippen LogP) is 4.20. The molecule has 3 heterocycles. The van der Waals surface area contributed by atoms with Crippen LogP contribution in [-0.4, -0.2) is 20.3 Å². The number of nitrogens with zero attached hydrogens (tertiary/aromatic N) is 3. The summed E-state index contributed by atoms with van der Waals surface area (Å²) in [6, 6.07) is 12.9. The average Bonchev–Trinajstić information content (AvgIpc) is 3.41. The number of aromatic amines is 1. The normalized spacial score (nSPS) is 11.2. The van der Waals surface area contributed by atoms with Crippen molar-refractivity contribution >= 4 is 39.0 Å². The number of phenols is 1. The van der Waals surface area contributed by atoms with Crippen molar-refractivity contribution in [1.29, 1.82) is 0 Å². The van der Waals surface area contributed by atoms with Crippen LogP contribution in [0.2, 0.25) is 5.02 Å². The molecule has 5 aromatic rings. The fraction of sp³-hybridized carbons (Fsp3) is 0.0909. The number of benzene rings is 2. The van der Waals surface area contributed by atoms with E-state index in [1.807, 2.05) is 43.3 Å².